The van der Waals surface area contributed by atoms with E-state index in [0.29, 0.717) is 0 Å². The van der Waals surface area contributed by atoms with E-state index in [1.54, 1.807) is 0 Å². The molecule has 0 saturated heterocycles. The minimum absolute atomic E-state index is 0. The van der Waals surface area contributed by atoms with Gasteiger partial charge in [0, 0.05) is 29.5 Å². The molecule has 0 fully saturated rings. The SMILES string of the molecule is [Ir+3].[c-]1ccccc1-c1ccc(-c2ccccc2-c2cc(-c3ccccc3-c3ccc(-c4[c-]cccc4)nc3)cc(-c3ccccc3-c3cnc4c5[c-]cccc5n5c(-c6ccccc6)cnc5c4c3)c2)cn1. The van der Waals surface area contributed by atoms with Crippen molar-refractivity contribution in [1.82, 2.24) is 24.3 Å². The molecule has 5 nitrogen and oxygen atoms in total. The van der Waals surface area contributed by atoms with Gasteiger partial charge in [0.25, 0.3) is 0 Å². The van der Waals surface area contributed by atoms with Gasteiger partial charge < -0.3 is 19.4 Å². The van der Waals surface area contributed by atoms with E-state index >= 15 is 0 Å². The van der Waals surface area contributed by atoms with E-state index in [9.17, 15) is 0 Å². The molecule has 5 aromatic heterocycles. The van der Waals surface area contributed by atoms with Crippen molar-refractivity contribution in [2.75, 3.05) is 0 Å². The van der Waals surface area contributed by atoms with Crippen molar-refractivity contribution in [2.45, 2.75) is 0 Å². The van der Waals surface area contributed by atoms with Crippen molar-refractivity contribution in [3.63, 3.8) is 0 Å². The van der Waals surface area contributed by atoms with Crippen LogP contribution in [0.3, 0.4) is 0 Å². The molecule has 0 radical (unpaired) electrons. The van der Waals surface area contributed by atoms with Gasteiger partial charge in [-0.1, -0.05) is 127 Å². The Morgan fingerprint density at radius 3 is 1.31 bits per heavy atom. The molecular formula is C66H40IrN5. The molecule has 0 aliphatic rings. The molecule has 72 heavy (non-hydrogen) atoms. The van der Waals surface area contributed by atoms with Crippen molar-refractivity contribution in [1.29, 1.82) is 0 Å². The maximum Gasteiger partial charge on any atom is 3.00 e. The first-order chi connectivity index (χ1) is 35.2. The van der Waals surface area contributed by atoms with Crippen LogP contribution in [0.5, 0.6) is 0 Å². The van der Waals surface area contributed by atoms with Gasteiger partial charge in [0.15, 0.2) is 0 Å². The first-order valence-electron chi connectivity index (χ1n) is 23.7. The largest absolute Gasteiger partial charge is 3.00 e. The zero-order chi connectivity index (χ0) is 47.1. The summed E-state index contributed by atoms with van der Waals surface area (Å²) in [4.78, 5) is 20.2. The van der Waals surface area contributed by atoms with Crippen LogP contribution in [-0.4, -0.2) is 24.3 Å². The smallest absolute Gasteiger partial charge is 0.335 e. The summed E-state index contributed by atoms with van der Waals surface area (Å²) >= 11 is 0. The Labute approximate surface area is 431 Å². The van der Waals surface area contributed by atoms with Crippen molar-refractivity contribution >= 4 is 27.5 Å². The Bertz CT molecular complexity index is 3930. The Morgan fingerprint density at radius 1 is 0.333 bits per heavy atom. The van der Waals surface area contributed by atoms with Gasteiger partial charge in [-0.25, -0.2) is 4.98 Å². The Kier molecular flexibility index (Phi) is 11.8. The molecule has 0 bridgehead atoms. The van der Waals surface area contributed by atoms with Gasteiger partial charge in [0.05, 0.1) is 11.9 Å². The Hall–Kier alpha value is -8.93. The molecule has 0 aliphatic carbocycles. The maximum absolute atomic E-state index is 5.22. The second kappa shape index (κ2) is 19.1. The molecule has 8 aromatic carbocycles. The first-order valence-corrected chi connectivity index (χ1v) is 23.7. The van der Waals surface area contributed by atoms with Crippen molar-refractivity contribution in [3.05, 3.63) is 261 Å². The van der Waals surface area contributed by atoms with Crippen LogP contribution in [0.1, 0.15) is 0 Å². The number of benzene rings is 8. The number of fused-ring (bicyclic) bond motifs is 6. The second-order valence-corrected chi connectivity index (χ2v) is 17.6. The summed E-state index contributed by atoms with van der Waals surface area (Å²) in [5.41, 5.74) is 21.3. The third-order valence-corrected chi connectivity index (χ3v) is 13.3. The number of hydrogen-bond donors (Lipinski definition) is 0. The monoisotopic (exact) mass is 1100 g/mol. The molecule has 0 atom stereocenters. The van der Waals surface area contributed by atoms with Crippen LogP contribution in [0.2, 0.25) is 0 Å². The Morgan fingerprint density at radius 2 is 0.806 bits per heavy atom. The average molecular weight is 1100 g/mol. The van der Waals surface area contributed by atoms with Crippen LogP contribution in [0.15, 0.2) is 243 Å². The van der Waals surface area contributed by atoms with Gasteiger partial charge >= 0.3 is 20.1 Å². The minimum atomic E-state index is 0. The number of imidazole rings is 1. The molecule has 338 valence electrons. The zero-order valence-electron chi connectivity index (χ0n) is 38.7. The summed E-state index contributed by atoms with van der Waals surface area (Å²) < 4.78 is 2.25. The van der Waals surface area contributed by atoms with Crippen LogP contribution < -0.4 is 0 Å². The third-order valence-electron chi connectivity index (χ3n) is 13.3. The van der Waals surface area contributed by atoms with Crippen LogP contribution >= 0.6 is 0 Å². The van der Waals surface area contributed by atoms with E-state index < -0.39 is 0 Å². The Balaban J connectivity index is 0.00000530. The van der Waals surface area contributed by atoms with Crippen LogP contribution in [-0.2, 0) is 20.1 Å². The van der Waals surface area contributed by atoms with E-state index in [1.165, 1.54) is 0 Å². The predicted molar refractivity (Wildman–Crippen MR) is 289 cm³/mol. The van der Waals surface area contributed by atoms with Gasteiger partial charge in [-0.3, -0.25) is 0 Å². The average Bonchev–Trinajstić information content (AvgIpc) is 3.92. The van der Waals surface area contributed by atoms with Crippen LogP contribution in [0, 0.1) is 18.2 Å². The molecule has 0 aliphatic heterocycles. The van der Waals surface area contributed by atoms with Crippen LogP contribution in [0.4, 0.5) is 0 Å². The number of nitrogens with zero attached hydrogens (tertiary/aromatic N) is 5. The van der Waals surface area contributed by atoms with Gasteiger partial charge in [0.2, 0.25) is 0 Å². The number of pyridine rings is 4. The molecule has 0 unspecified atom stereocenters. The fourth-order valence-corrected chi connectivity index (χ4v) is 9.97. The second-order valence-electron chi connectivity index (χ2n) is 17.6. The van der Waals surface area contributed by atoms with Gasteiger partial charge in [0.1, 0.15) is 5.65 Å². The molecule has 6 heteroatoms. The summed E-state index contributed by atoms with van der Waals surface area (Å²) in [5.74, 6) is 0. The maximum atomic E-state index is 5.22. The zero-order valence-corrected chi connectivity index (χ0v) is 41.1. The fourth-order valence-electron chi connectivity index (χ4n) is 9.97. The molecule has 5 heterocycles. The molecule has 13 rings (SSSR count). The van der Waals surface area contributed by atoms with Gasteiger partial charge in [-0.15, -0.1) is 101 Å². The van der Waals surface area contributed by atoms with E-state index in [2.05, 4.69) is 174 Å². The predicted octanol–water partition coefficient (Wildman–Crippen LogP) is 16.2. The summed E-state index contributed by atoms with van der Waals surface area (Å²) in [6.07, 6.45) is 7.92. The normalized spacial score (nSPS) is 11.2. The van der Waals surface area contributed by atoms with Crippen molar-refractivity contribution in [3.8, 4) is 101 Å². The number of hydrogen-bond acceptors (Lipinski definition) is 4. The van der Waals surface area contributed by atoms with Crippen LogP contribution in [0.25, 0.3) is 128 Å². The quantitative estimate of drug-likeness (QED) is 0.107. The molecular weight excluding hydrogens is 1050 g/mol. The first kappa shape index (κ1) is 44.3. The molecule has 0 saturated carbocycles. The summed E-state index contributed by atoms with van der Waals surface area (Å²) in [7, 11) is 0. The van der Waals surface area contributed by atoms with E-state index in [1.807, 2.05) is 91.5 Å². The minimum Gasteiger partial charge on any atom is -0.335 e. The van der Waals surface area contributed by atoms with E-state index in [-0.39, 0.29) is 20.1 Å². The van der Waals surface area contributed by atoms with E-state index in [0.717, 1.165) is 128 Å². The molecule has 0 spiro atoms. The van der Waals surface area contributed by atoms with Crippen molar-refractivity contribution in [2.24, 2.45) is 0 Å². The molecule has 0 N–H and O–H groups in total. The number of rotatable bonds is 9. The van der Waals surface area contributed by atoms with Gasteiger partial charge in [-0.05, 0) is 113 Å². The van der Waals surface area contributed by atoms with Gasteiger partial charge in [-0.2, -0.15) is 0 Å². The fraction of sp³-hybridized carbons (Fsp3) is 0. The number of aromatic nitrogens is 5. The third kappa shape index (κ3) is 8.09. The summed E-state index contributed by atoms with van der Waals surface area (Å²) in [6, 6.07) is 86.2. The summed E-state index contributed by atoms with van der Waals surface area (Å²) in [5, 5.41) is 1.91. The van der Waals surface area contributed by atoms with E-state index in [4.69, 9.17) is 19.9 Å². The standard InChI is InChI=1S/C66H40N5.Ir/c1-4-18-44(19-5-1)61-34-32-47(40-67-61)53-24-10-12-26-55(53)49-36-50(56-27-13-11-25-54(56)48-33-35-62(68-41-48)45-20-6-2-7-21-45)38-51(37-49)57-28-14-15-29-58(57)52-39-60-65(69-42-52)59-30-16-17-31-63(59)71-64(43-70-66(60)71)46-22-8-3-9-23-46;/h1-18,20,22-29,31-43H;/q-3;+3. The summed E-state index contributed by atoms with van der Waals surface area (Å²) in [6.45, 7) is 0. The topological polar surface area (TPSA) is 56.0 Å². The molecule has 13 aromatic rings. The van der Waals surface area contributed by atoms with Crippen molar-refractivity contribution < 1.29 is 20.1 Å². The molecule has 0 amide bonds.